The first-order valence-corrected chi connectivity index (χ1v) is 34.7. The third-order valence-electron chi connectivity index (χ3n) is 15.8. The van der Waals surface area contributed by atoms with Gasteiger partial charge in [0.15, 0.2) is 5.71 Å². The number of rotatable bonds is 26. The summed E-state index contributed by atoms with van der Waals surface area (Å²) < 4.78 is 73.3. The molecule has 3 fully saturated rings. The van der Waals surface area contributed by atoms with Crippen LogP contribution in [-0.4, -0.2) is 175 Å². The Morgan fingerprint density at radius 3 is 1.95 bits per heavy atom. The predicted molar refractivity (Wildman–Crippen MR) is 335 cm³/mol. The number of amides is 6. The number of carboxylic acids is 1. The molecule has 3 aromatic rings. The predicted octanol–water partition coefficient (Wildman–Crippen LogP) is 1.63. The van der Waals surface area contributed by atoms with E-state index in [1.165, 1.54) is 30.4 Å². The van der Waals surface area contributed by atoms with Crippen LogP contribution in [0.1, 0.15) is 108 Å². The maximum absolute atomic E-state index is 12.8. The third kappa shape index (κ3) is 18.3. The number of benzene rings is 2. The van der Waals surface area contributed by atoms with Crippen molar-refractivity contribution in [3.8, 4) is 0 Å². The van der Waals surface area contributed by atoms with Crippen LogP contribution >= 0.6 is 23.5 Å². The van der Waals surface area contributed by atoms with E-state index in [0.717, 1.165) is 43.7 Å². The molecule has 0 saturated carbocycles. The average molecular weight is 1380 g/mol. The number of esters is 1. The second-order valence-corrected chi connectivity index (χ2v) is 28.6. The number of aromatic nitrogens is 1. The van der Waals surface area contributed by atoms with Crippen LogP contribution in [-0.2, 0) is 106 Å². The van der Waals surface area contributed by atoms with Gasteiger partial charge in [0.25, 0.3) is 39.7 Å². The number of imide groups is 2. The van der Waals surface area contributed by atoms with Gasteiger partial charge in [0.1, 0.15) is 30.3 Å². The van der Waals surface area contributed by atoms with E-state index < -0.39 is 107 Å². The first-order valence-electron chi connectivity index (χ1n) is 29.5. The molecule has 2 atom stereocenters. The van der Waals surface area contributed by atoms with Crippen LogP contribution in [0.3, 0.4) is 0 Å². The van der Waals surface area contributed by atoms with Gasteiger partial charge in [0.05, 0.1) is 39.9 Å². The molecule has 6 aliphatic heterocycles. The Labute approximate surface area is 573 Å². The first-order chi connectivity index (χ1) is 43.8. The summed E-state index contributed by atoms with van der Waals surface area (Å²) in [5.41, 5.74) is 5.16. The minimum absolute atomic E-state index is 0. The van der Waals surface area contributed by atoms with Gasteiger partial charge in [-0.3, -0.25) is 48.0 Å². The Balaban J connectivity index is 0.000000359. The van der Waals surface area contributed by atoms with Gasteiger partial charge in [-0.15, -0.1) is 33.7 Å². The number of hydrogen-bond acceptors (Lipinski definition) is 22. The second-order valence-electron chi connectivity index (χ2n) is 23.3. The Bertz CT molecular complexity index is 3910. The van der Waals surface area contributed by atoms with E-state index >= 15 is 0 Å². The summed E-state index contributed by atoms with van der Waals surface area (Å²) in [4.78, 5) is 139. The number of carbonyl (C=O) groups excluding carboxylic acids is 9. The Kier molecular flexibility index (Phi) is 24.8. The van der Waals surface area contributed by atoms with E-state index in [9.17, 15) is 79.0 Å². The van der Waals surface area contributed by atoms with Crippen LogP contribution in [0.5, 0.6) is 0 Å². The van der Waals surface area contributed by atoms with Crippen molar-refractivity contribution in [2.75, 3.05) is 47.6 Å². The maximum Gasteiger partial charge on any atom is 1.00 e. The summed E-state index contributed by atoms with van der Waals surface area (Å²) in [5, 5.41) is 12.7. The van der Waals surface area contributed by atoms with Gasteiger partial charge < -0.3 is 34.3 Å². The number of pyridine rings is 1. The van der Waals surface area contributed by atoms with E-state index in [4.69, 9.17) is 14.4 Å². The Hall–Kier alpha value is -7.36. The standard InChI is InChI=1S/C45H52N4O14S2.C17H17N3O6S2.Na/c1-44(2)32-26-30(28-42(54)62-48-38(50)18-19-39(48)51)14-16-34(32)46(22-8-10-24-64(56,57)58)36(44)12-6-5-7-13-37-45(3,4)33-27-31(29-43(55)63-49-40(52)20-21-41(49)53)15-17-35(33)47(37)23-9-11-25-65(59,60)61;1-9(21)26-6-10-7-28-16-13(15(23)20(16)14(10)17(24)25)19-12(22)8-27-11-2-4-18-5-3-11;/h5-7,12-17,26-27H,8-11,18-25,28-29H2,1-4H3,(H-,56,57,58,59,60,61);2-5,13,16H,6-8H2,1H3,(H,19,22)(H,24,25);/q;;+1/t;13-,16-;/m.1./s1. The molecule has 32 heteroatoms. The average Bonchev–Trinajstić information content (AvgIpc) is 1.21. The fourth-order valence-electron chi connectivity index (χ4n) is 11.3. The number of thioether (sulfide) groups is 2. The summed E-state index contributed by atoms with van der Waals surface area (Å²) in [5.74, 6) is -6.94. The van der Waals surface area contributed by atoms with Crippen molar-refractivity contribution in [3.63, 3.8) is 0 Å². The van der Waals surface area contributed by atoms with Gasteiger partial charge in [-0.25, -0.2) is 22.8 Å². The number of hydroxylamine groups is 4. The van der Waals surface area contributed by atoms with Crippen LogP contribution in [0, 0.1) is 0 Å². The Morgan fingerprint density at radius 2 is 1.37 bits per heavy atom. The van der Waals surface area contributed by atoms with E-state index in [-0.39, 0.29) is 105 Å². The van der Waals surface area contributed by atoms with Gasteiger partial charge in [-0.2, -0.15) is 13.0 Å². The van der Waals surface area contributed by atoms with Crippen molar-refractivity contribution >= 4 is 120 Å². The molecule has 3 saturated heterocycles. The van der Waals surface area contributed by atoms with Gasteiger partial charge in [-0.05, 0) is 80.1 Å². The zero-order chi connectivity index (χ0) is 67.7. The molecule has 0 bridgehead atoms. The van der Waals surface area contributed by atoms with Crippen molar-refractivity contribution in [2.45, 2.75) is 126 Å². The Morgan fingerprint density at radius 1 is 0.787 bits per heavy atom. The number of aliphatic carboxylic acids is 1. The molecule has 496 valence electrons. The van der Waals surface area contributed by atoms with E-state index in [1.54, 1.807) is 36.7 Å². The van der Waals surface area contributed by atoms with Crippen LogP contribution in [0.4, 0.5) is 11.4 Å². The summed E-state index contributed by atoms with van der Waals surface area (Å²) >= 11 is 2.64. The number of hydrogen-bond donors (Lipinski definition) is 3. The molecule has 9 rings (SSSR count). The maximum atomic E-state index is 12.8. The number of carboxylic acid groups (broad SMARTS) is 1. The van der Waals surface area contributed by atoms with Gasteiger partial charge in [0.2, 0.25) is 11.6 Å². The molecule has 6 amide bonds. The van der Waals surface area contributed by atoms with Crippen molar-refractivity contribution in [3.05, 3.63) is 131 Å². The van der Waals surface area contributed by atoms with Crippen LogP contribution in [0.15, 0.2) is 113 Å². The largest absolute Gasteiger partial charge is 1.00 e. The van der Waals surface area contributed by atoms with E-state index in [0.29, 0.717) is 58.5 Å². The van der Waals surface area contributed by atoms with Gasteiger partial charge in [0, 0.05) is 114 Å². The number of allylic oxidation sites excluding steroid dienone is 6. The van der Waals surface area contributed by atoms with Crippen molar-refractivity contribution in [2.24, 2.45) is 0 Å². The minimum Gasteiger partial charge on any atom is -0.748 e. The molecular weight excluding hydrogens is 1310 g/mol. The van der Waals surface area contributed by atoms with E-state index in [1.807, 2.05) is 87.2 Å². The number of β-lactam (4-membered cyclic amide) rings is 1. The number of unbranched alkanes of at least 4 members (excludes halogenated alkanes) is 2. The van der Waals surface area contributed by atoms with Crippen LogP contribution in [0.25, 0.3) is 0 Å². The quantitative estimate of drug-likeness (QED) is 0.0118. The molecule has 0 unspecified atom stereocenters. The van der Waals surface area contributed by atoms with Gasteiger partial charge in [-0.1, -0.05) is 50.3 Å². The second kappa shape index (κ2) is 31.5. The molecule has 27 nitrogen and oxygen atoms in total. The summed E-state index contributed by atoms with van der Waals surface area (Å²) in [7, 11) is -8.56. The molecule has 2 aromatic carbocycles. The molecule has 1 aromatic heterocycles. The zero-order valence-corrected chi connectivity index (χ0v) is 57.7. The minimum atomic E-state index is -4.41. The molecule has 0 aliphatic carbocycles. The van der Waals surface area contributed by atoms with Crippen LogP contribution in [0.2, 0.25) is 0 Å². The normalized spacial score (nSPS) is 19.3. The van der Waals surface area contributed by atoms with Gasteiger partial charge >= 0.3 is 53.4 Å². The smallest absolute Gasteiger partial charge is 0.748 e. The topological polar surface area (TPSA) is 371 Å². The molecule has 94 heavy (non-hydrogen) atoms. The fraction of sp³-hybridized carbons (Fsp3) is 0.419. The van der Waals surface area contributed by atoms with Crippen molar-refractivity contribution < 1.29 is 128 Å². The number of nitrogens with one attached hydrogen (secondary N) is 1. The summed E-state index contributed by atoms with van der Waals surface area (Å²) in [6.07, 6.45) is 13.3. The molecule has 0 spiro atoms. The first kappa shape index (κ1) is 74.0. The van der Waals surface area contributed by atoms with E-state index in [2.05, 4.69) is 14.9 Å². The molecule has 3 N–H and O–H groups in total. The molecule has 7 heterocycles. The number of fused-ring (bicyclic) bond motifs is 3. The number of ether oxygens (including phenoxy) is 1. The number of nitrogens with zero attached hydrogens (tertiary/aromatic N) is 6. The van der Waals surface area contributed by atoms with Crippen LogP contribution < -0.4 is 39.8 Å². The SMILES string of the molecule is CC(=O)OCC1=C(C(=O)O)N2C(=O)[C@@H](NC(=O)CSc3ccncc3)[C@H]2SC1.CC1(C)C(=CC=CC=CC2=[N+](CCCCS(=O)(=O)O)c3ccc(CC(=O)ON4C(=O)CCC4=O)cc3C2(C)C)N(CCCCS(=O)(=O)[O-])c2ccc(CC(=O)ON3C(=O)CCC3=O)cc21.[Na+]. The summed E-state index contributed by atoms with van der Waals surface area (Å²) in [6.45, 7) is 9.85. The zero-order valence-electron chi connectivity index (χ0n) is 52.4. The summed E-state index contributed by atoms with van der Waals surface area (Å²) in [6, 6.07) is 13.7. The number of anilines is 1. The third-order valence-corrected chi connectivity index (χ3v) is 19.8. The number of carbonyl (C=O) groups is 10. The van der Waals surface area contributed by atoms with Crippen molar-refractivity contribution in [1.29, 1.82) is 0 Å². The van der Waals surface area contributed by atoms with Crippen molar-refractivity contribution in [1.82, 2.24) is 25.3 Å². The molecule has 6 aliphatic rings. The fourth-order valence-corrected chi connectivity index (χ4v) is 14.5. The molecular formula is C62H69N7NaO20S4+. The molecule has 0 radical (unpaired) electrons. The monoisotopic (exact) mass is 1380 g/mol.